The van der Waals surface area contributed by atoms with E-state index in [9.17, 15) is 19.2 Å². The molecular formula is C14H24N2O6S2. The lowest BCUT2D eigenvalue weighted by molar-refractivity contribution is -0.139. The maximum Gasteiger partial charge on any atom is 0.322 e. The highest BCUT2D eigenvalue weighted by molar-refractivity contribution is 8.76. The van der Waals surface area contributed by atoms with Crippen LogP contribution in [0.5, 0.6) is 0 Å². The fourth-order valence-corrected chi connectivity index (χ4v) is 4.59. The zero-order valence-electron chi connectivity index (χ0n) is 14.2. The largest absolute Gasteiger partial charge is 0.480 e. The van der Waals surface area contributed by atoms with Crippen molar-refractivity contribution in [3.63, 3.8) is 0 Å². The zero-order chi connectivity index (χ0) is 19.0. The Morgan fingerprint density at radius 1 is 0.750 bits per heavy atom. The Kier molecular flexibility index (Phi) is 9.20. The van der Waals surface area contributed by atoms with Gasteiger partial charge in [-0.25, -0.2) is 0 Å². The summed E-state index contributed by atoms with van der Waals surface area (Å²) in [6.45, 7) is 6.00. The summed E-state index contributed by atoms with van der Waals surface area (Å²) in [6.07, 6.45) is 0. The number of carbonyl (C=O) groups excluding carboxylic acids is 2. The standard InChI is InChI=1S/C14H24N2O6S2/c1-13(2,11(21)15-5-9(17)18)7-23-24-8-14(3,4)12(22)16-6-10(19)20/h5-8H2,1-4H3,(H,15,21)(H,16,22)(H,17,18)(H,19,20). The summed E-state index contributed by atoms with van der Waals surface area (Å²) < 4.78 is 0. The van der Waals surface area contributed by atoms with Gasteiger partial charge in [0.15, 0.2) is 0 Å². The summed E-state index contributed by atoms with van der Waals surface area (Å²) in [5, 5.41) is 21.8. The van der Waals surface area contributed by atoms with E-state index in [-0.39, 0.29) is 11.8 Å². The molecule has 0 unspecified atom stereocenters. The number of rotatable bonds is 11. The maximum atomic E-state index is 11.9. The van der Waals surface area contributed by atoms with E-state index < -0.39 is 35.9 Å². The Labute approximate surface area is 148 Å². The van der Waals surface area contributed by atoms with Crippen LogP contribution < -0.4 is 10.6 Å². The van der Waals surface area contributed by atoms with E-state index in [1.54, 1.807) is 27.7 Å². The molecule has 0 rings (SSSR count). The number of nitrogens with one attached hydrogen (secondary N) is 2. The van der Waals surface area contributed by atoms with Gasteiger partial charge < -0.3 is 20.8 Å². The first kappa shape index (κ1) is 22.6. The molecule has 138 valence electrons. The van der Waals surface area contributed by atoms with Gasteiger partial charge in [0.05, 0.1) is 10.8 Å². The first-order chi connectivity index (χ1) is 10.9. The SMILES string of the molecule is CC(C)(CSSCC(C)(C)C(=O)NCC(=O)O)C(=O)NCC(=O)O. The van der Waals surface area contributed by atoms with Crippen molar-refractivity contribution in [3.05, 3.63) is 0 Å². The number of hydrogen-bond acceptors (Lipinski definition) is 6. The van der Waals surface area contributed by atoms with Gasteiger partial charge in [-0.05, 0) is 0 Å². The number of amides is 2. The van der Waals surface area contributed by atoms with Crippen LogP contribution >= 0.6 is 21.6 Å². The number of hydrogen-bond donors (Lipinski definition) is 4. The average Bonchev–Trinajstić information content (AvgIpc) is 2.46. The minimum absolute atomic E-state index is 0.350. The Morgan fingerprint density at radius 3 is 1.29 bits per heavy atom. The van der Waals surface area contributed by atoms with E-state index in [2.05, 4.69) is 10.6 Å². The zero-order valence-corrected chi connectivity index (χ0v) is 15.8. The molecule has 24 heavy (non-hydrogen) atoms. The third kappa shape index (κ3) is 9.02. The average molecular weight is 380 g/mol. The van der Waals surface area contributed by atoms with E-state index >= 15 is 0 Å². The molecule has 0 saturated carbocycles. The van der Waals surface area contributed by atoms with Gasteiger partial charge in [-0.1, -0.05) is 49.3 Å². The second-order valence-corrected chi connectivity index (χ2v) is 8.91. The minimum Gasteiger partial charge on any atom is -0.480 e. The highest BCUT2D eigenvalue weighted by Gasteiger charge is 2.30. The Hall–Kier alpha value is -1.42. The highest BCUT2D eigenvalue weighted by atomic mass is 33.1. The molecule has 0 spiro atoms. The number of aliphatic carboxylic acids is 2. The quantitative estimate of drug-likeness (QED) is 0.306. The van der Waals surface area contributed by atoms with Crippen molar-refractivity contribution in [2.75, 3.05) is 24.6 Å². The van der Waals surface area contributed by atoms with Crippen LogP contribution in [0.2, 0.25) is 0 Å². The maximum absolute atomic E-state index is 11.9. The molecule has 0 aromatic rings. The molecule has 0 fully saturated rings. The van der Waals surface area contributed by atoms with Crippen LogP contribution in [0.25, 0.3) is 0 Å². The molecule has 8 nitrogen and oxygen atoms in total. The first-order valence-corrected chi connectivity index (χ1v) is 9.62. The molecule has 0 aliphatic carbocycles. The van der Waals surface area contributed by atoms with Crippen LogP contribution in [0.3, 0.4) is 0 Å². The van der Waals surface area contributed by atoms with Gasteiger partial charge in [0.2, 0.25) is 11.8 Å². The second kappa shape index (κ2) is 9.77. The van der Waals surface area contributed by atoms with E-state index in [4.69, 9.17) is 10.2 Å². The predicted octanol–water partition coefficient (Wildman–Crippen LogP) is 0.822. The van der Waals surface area contributed by atoms with Crippen molar-refractivity contribution in [1.29, 1.82) is 0 Å². The van der Waals surface area contributed by atoms with Crippen LogP contribution in [0.4, 0.5) is 0 Å². The van der Waals surface area contributed by atoms with Crippen LogP contribution in [-0.4, -0.2) is 58.6 Å². The summed E-state index contributed by atoms with van der Waals surface area (Å²) >= 11 is 0. The second-order valence-electron chi connectivity index (χ2n) is 6.44. The van der Waals surface area contributed by atoms with Gasteiger partial charge in [0.1, 0.15) is 13.1 Å². The van der Waals surface area contributed by atoms with Crippen molar-refractivity contribution < 1.29 is 29.4 Å². The molecule has 0 atom stereocenters. The normalized spacial score (nSPS) is 11.7. The molecule has 0 aromatic carbocycles. The van der Waals surface area contributed by atoms with Gasteiger partial charge in [0.25, 0.3) is 0 Å². The van der Waals surface area contributed by atoms with Gasteiger partial charge in [0, 0.05) is 11.5 Å². The van der Waals surface area contributed by atoms with Gasteiger partial charge in [-0.2, -0.15) is 0 Å². The summed E-state index contributed by atoms with van der Waals surface area (Å²) in [4.78, 5) is 44.7. The van der Waals surface area contributed by atoms with Gasteiger partial charge in [-0.15, -0.1) is 0 Å². The van der Waals surface area contributed by atoms with E-state index in [0.29, 0.717) is 11.5 Å². The summed E-state index contributed by atoms with van der Waals surface area (Å²) in [5.74, 6) is -2.02. The Bertz CT molecular complexity index is 450. The molecule has 0 bridgehead atoms. The molecule has 4 N–H and O–H groups in total. The van der Waals surface area contributed by atoms with E-state index in [1.807, 2.05) is 0 Å². The van der Waals surface area contributed by atoms with Crippen molar-refractivity contribution >= 4 is 45.3 Å². The van der Waals surface area contributed by atoms with Crippen LogP contribution in [0.15, 0.2) is 0 Å². The number of carboxylic acid groups (broad SMARTS) is 2. The minimum atomic E-state index is -1.10. The molecule has 0 aliphatic heterocycles. The Morgan fingerprint density at radius 2 is 1.04 bits per heavy atom. The van der Waals surface area contributed by atoms with Crippen LogP contribution in [-0.2, 0) is 19.2 Å². The van der Waals surface area contributed by atoms with Crippen molar-refractivity contribution in [3.8, 4) is 0 Å². The van der Waals surface area contributed by atoms with Gasteiger partial charge in [-0.3, -0.25) is 19.2 Å². The van der Waals surface area contributed by atoms with Crippen molar-refractivity contribution in [2.24, 2.45) is 10.8 Å². The summed E-state index contributed by atoms with van der Waals surface area (Å²) in [7, 11) is 2.81. The lowest BCUT2D eigenvalue weighted by atomic mass is 9.95. The molecule has 2 amide bonds. The molecule has 0 radical (unpaired) electrons. The smallest absolute Gasteiger partial charge is 0.322 e. The number of carboxylic acids is 2. The highest BCUT2D eigenvalue weighted by Crippen LogP contribution is 2.34. The molecule has 0 saturated heterocycles. The van der Waals surface area contributed by atoms with Crippen molar-refractivity contribution in [1.82, 2.24) is 10.6 Å². The monoisotopic (exact) mass is 380 g/mol. The third-order valence-corrected chi connectivity index (χ3v) is 6.01. The molecule has 10 heteroatoms. The topological polar surface area (TPSA) is 133 Å². The lowest BCUT2D eigenvalue weighted by Gasteiger charge is -2.25. The molecule has 0 aliphatic rings. The van der Waals surface area contributed by atoms with E-state index in [0.717, 1.165) is 0 Å². The van der Waals surface area contributed by atoms with Gasteiger partial charge >= 0.3 is 11.9 Å². The predicted molar refractivity (Wildman–Crippen MR) is 93.8 cm³/mol. The fourth-order valence-electron chi connectivity index (χ4n) is 1.30. The lowest BCUT2D eigenvalue weighted by Crippen LogP contribution is -2.41. The van der Waals surface area contributed by atoms with Crippen molar-refractivity contribution in [2.45, 2.75) is 27.7 Å². The molecule has 0 heterocycles. The molecular weight excluding hydrogens is 356 g/mol. The number of carbonyl (C=O) groups is 4. The Balaban J connectivity index is 4.25. The van der Waals surface area contributed by atoms with Crippen LogP contribution in [0, 0.1) is 10.8 Å². The fraction of sp³-hybridized carbons (Fsp3) is 0.714. The van der Waals surface area contributed by atoms with Crippen LogP contribution in [0.1, 0.15) is 27.7 Å². The third-order valence-electron chi connectivity index (χ3n) is 2.95. The summed E-state index contributed by atoms with van der Waals surface area (Å²) in [5.41, 5.74) is -1.49. The van der Waals surface area contributed by atoms with E-state index in [1.165, 1.54) is 21.6 Å². The first-order valence-electron chi connectivity index (χ1n) is 7.13. The molecule has 0 aromatic heterocycles. The summed E-state index contributed by atoms with van der Waals surface area (Å²) in [6, 6.07) is 0.